The van der Waals surface area contributed by atoms with Crippen molar-refractivity contribution in [2.45, 2.75) is 33.6 Å². The maximum Gasteiger partial charge on any atom is -0.0151 e. The number of hydrogen-bond acceptors (Lipinski definition) is 0. The number of allylic oxidation sites excluding steroid dienone is 1. The van der Waals surface area contributed by atoms with Crippen molar-refractivity contribution in [3.63, 3.8) is 0 Å². The van der Waals surface area contributed by atoms with Crippen LogP contribution in [0.25, 0.3) is 5.57 Å². The first kappa shape index (κ1) is 17.2. The molecule has 0 saturated heterocycles. The third-order valence-corrected chi connectivity index (χ3v) is 4.63. The average molecular weight is 326 g/mol. The fourth-order valence-electron chi connectivity index (χ4n) is 3.01. The highest BCUT2D eigenvalue weighted by Crippen LogP contribution is 2.25. The molecule has 0 saturated carbocycles. The standard InChI is InChI=1S/C25H26/c1-19-7-13-22(14-8-19)5-4-6-25(23-15-9-20(2)10-16-23)24-17-11-21(3)12-18-24/h6-18H,4-5H2,1-3H3. The second-order valence-electron chi connectivity index (χ2n) is 6.87. The van der Waals surface area contributed by atoms with Gasteiger partial charge in [-0.1, -0.05) is 95.6 Å². The van der Waals surface area contributed by atoms with Gasteiger partial charge in [0.05, 0.1) is 0 Å². The fourth-order valence-corrected chi connectivity index (χ4v) is 3.01. The van der Waals surface area contributed by atoms with Crippen LogP contribution in [0.3, 0.4) is 0 Å². The maximum atomic E-state index is 2.38. The van der Waals surface area contributed by atoms with E-state index < -0.39 is 0 Å². The molecule has 0 bridgehead atoms. The number of aryl methyl sites for hydroxylation is 4. The lowest BCUT2D eigenvalue weighted by molar-refractivity contribution is 1.00. The summed E-state index contributed by atoms with van der Waals surface area (Å²) in [5.41, 5.74) is 9.22. The third kappa shape index (κ3) is 4.70. The Morgan fingerprint density at radius 3 is 1.44 bits per heavy atom. The summed E-state index contributed by atoms with van der Waals surface area (Å²) in [4.78, 5) is 0. The van der Waals surface area contributed by atoms with Crippen molar-refractivity contribution >= 4 is 5.57 Å². The molecular formula is C25H26. The first-order valence-corrected chi connectivity index (χ1v) is 9.01. The number of benzene rings is 3. The van der Waals surface area contributed by atoms with Gasteiger partial charge < -0.3 is 0 Å². The van der Waals surface area contributed by atoms with Crippen LogP contribution in [0.15, 0.2) is 78.9 Å². The van der Waals surface area contributed by atoms with Crippen molar-refractivity contribution in [3.05, 3.63) is 112 Å². The summed E-state index contributed by atoms with van der Waals surface area (Å²) in [5, 5.41) is 0. The summed E-state index contributed by atoms with van der Waals surface area (Å²) >= 11 is 0. The molecule has 0 atom stereocenters. The van der Waals surface area contributed by atoms with Crippen LogP contribution >= 0.6 is 0 Å². The molecule has 3 aromatic rings. The summed E-state index contributed by atoms with van der Waals surface area (Å²) in [7, 11) is 0. The molecule has 0 aliphatic carbocycles. The molecule has 126 valence electrons. The first-order chi connectivity index (χ1) is 12.1. The van der Waals surface area contributed by atoms with E-state index in [1.807, 2.05) is 0 Å². The second kappa shape index (κ2) is 7.98. The van der Waals surface area contributed by atoms with Gasteiger partial charge in [0.15, 0.2) is 0 Å². The van der Waals surface area contributed by atoms with Gasteiger partial charge in [0.25, 0.3) is 0 Å². The lowest BCUT2D eigenvalue weighted by atomic mass is 9.94. The van der Waals surface area contributed by atoms with Crippen LogP contribution in [-0.2, 0) is 6.42 Å². The van der Waals surface area contributed by atoms with Gasteiger partial charge in [-0.3, -0.25) is 0 Å². The van der Waals surface area contributed by atoms with Gasteiger partial charge in [0.2, 0.25) is 0 Å². The van der Waals surface area contributed by atoms with Gasteiger partial charge in [0, 0.05) is 0 Å². The second-order valence-corrected chi connectivity index (χ2v) is 6.87. The molecule has 0 fully saturated rings. The molecule has 0 aliphatic heterocycles. The molecule has 25 heavy (non-hydrogen) atoms. The molecule has 3 aromatic carbocycles. The zero-order chi connectivity index (χ0) is 17.6. The topological polar surface area (TPSA) is 0 Å². The van der Waals surface area contributed by atoms with Crippen LogP contribution in [0, 0.1) is 20.8 Å². The van der Waals surface area contributed by atoms with Crippen molar-refractivity contribution in [2.75, 3.05) is 0 Å². The minimum Gasteiger partial charge on any atom is -0.0757 e. The number of rotatable bonds is 5. The lowest BCUT2D eigenvalue weighted by Gasteiger charge is -2.10. The fraction of sp³-hybridized carbons (Fsp3) is 0.200. The van der Waals surface area contributed by atoms with E-state index in [0.717, 1.165) is 12.8 Å². The summed E-state index contributed by atoms with van der Waals surface area (Å²) < 4.78 is 0. The van der Waals surface area contributed by atoms with E-state index in [9.17, 15) is 0 Å². The van der Waals surface area contributed by atoms with Crippen LogP contribution in [0.5, 0.6) is 0 Å². The van der Waals surface area contributed by atoms with Gasteiger partial charge in [-0.25, -0.2) is 0 Å². The predicted octanol–water partition coefficient (Wildman–Crippen LogP) is 6.68. The van der Waals surface area contributed by atoms with Crippen molar-refractivity contribution in [1.82, 2.24) is 0 Å². The molecule has 0 radical (unpaired) electrons. The molecular weight excluding hydrogens is 300 g/mol. The summed E-state index contributed by atoms with van der Waals surface area (Å²) in [5.74, 6) is 0. The minimum atomic E-state index is 1.04. The molecule has 0 heterocycles. The third-order valence-electron chi connectivity index (χ3n) is 4.63. The average Bonchev–Trinajstić information content (AvgIpc) is 2.62. The molecule has 0 aliphatic rings. The molecule has 0 aromatic heterocycles. The largest absolute Gasteiger partial charge is 0.0757 e. The predicted molar refractivity (Wildman–Crippen MR) is 109 cm³/mol. The summed E-state index contributed by atoms with van der Waals surface area (Å²) in [6.07, 6.45) is 4.50. The van der Waals surface area contributed by atoms with E-state index >= 15 is 0 Å². The Balaban J connectivity index is 1.85. The summed E-state index contributed by atoms with van der Waals surface area (Å²) in [6.45, 7) is 6.41. The molecule has 0 N–H and O–H groups in total. The Hall–Kier alpha value is -2.60. The van der Waals surface area contributed by atoms with Crippen LogP contribution in [-0.4, -0.2) is 0 Å². The molecule has 0 nitrogen and oxygen atoms in total. The van der Waals surface area contributed by atoms with E-state index in [0.29, 0.717) is 0 Å². The highest BCUT2D eigenvalue weighted by atomic mass is 14.1. The van der Waals surface area contributed by atoms with E-state index in [1.54, 1.807) is 0 Å². The van der Waals surface area contributed by atoms with Crippen LogP contribution in [0.1, 0.15) is 39.8 Å². The molecule has 3 rings (SSSR count). The minimum absolute atomic E-state index is 1.04. The van der Waals surface area contributed by atoms with E-state index in [2.05, 4.69) is 99.6 Å². The van der Waals surface area contributed by atoms with E-state index in [1.165, 1.54) is 39.0 Å². The highest BCUT2D eigenvalue weighted by molar-refractivity contribution is 5.79. The van der Waals surface area contributed by atoms with Gasteiger partial charge in [-0.15, -0.1) is 0 Å². The monoisotopic (exact) mass is 326 g/mol. The van der Waals surface area contributed by atoms with Gasteiger partial charge >= 0.3 is 0 Å². The quantitative estimate of drug-likeness (QED) is 0.491. The Morgan fingerprint density at radius 2 is 1.00 bits per heavy atom. The smallest absolute Gasteiger partial charge is 0.0151 e. The highest BCUT2D eigenvalue weighted by Gasteiger charge is 2.05. The molecule has 0 unspecified atom stereocenters. The maximum absolute atomic E-state index is 2.38. The van der Waals surface area contributed by atoms with Crippen LogP contribution in [0.4, 0.5) is 0 Å². The molecule has 0 heteroatoms. The molecule has 0 spiro atoms. The van der Waals surface area contributed by atoms with E-state index in [-0.39, 0.29) is 0 Å². The Morgan fingerprint density at radius 1 is 0.600 bits per heavy atom. The van der Waals surface area contributed by atoms with Crippen molar-refractivity contribution in [2.24, 2.45) is 0 Å². The lowest BCUT2D eigenvalue weighted by Crippen LogP contribution is -1.91. The van der Waals surface area contributed by atoms with Crippen molar-refractivity contribution < 1.29 is 0 Å². The Labute approximate surface area is 151 Å². The first-order valence-electron chi connectivity index (χ1n) is 9.01. The Kier molecular flexibility index (Phi) is 5.50. The zero-order valence-electron chi connectivity index (χ0n) is 15.4. The normalized spacial score (nSPS) is 10.5. The van der Waals surface area contributed by atoms with Gasteiger partial charge in [0.1, 0.15) is 0 Å². The van der Waals surface area contributed by atoms with Crippen molar-refractivity contribution in [3.8, 4) is 0 Å². The van der Waals surface area contributed by atoms with E-state index in [4.69, 9.17) is 0 Å². The molecule has 0 amide bonds. The SMILES string of the molecule is Cc1ccc(CCC=C(c2ccc(C)cc2)c2ccc(C)cc2)cc1. The van der Waals surface area contributed by atoms with Crippen molar-refractivity contribution in [1.29, 1.82) is 0 Å². The Bertz CT molecular complexity index is 785. The number of hydrogen-bond donors (Lipinski definition) is 0. The zero-order valence-corrected chi connectivity index (χ0v) is 15.4. The summed E-state index contributed by atoms with van der Waals surface area (Å²) in [6, 6.07) is 26.5. The van der Waals surface area contributed by atoms with Crippen LogP contribution in [0.2, 0.25) is 0 Å². The van der Waals surface area contributed by atoms with Gasteiger partial charge in [-0.2, -0.15) is 0 Å². The van der Waals surface area contributed by atoms with Crippen LogP contribution < -0.4 is 0 Å². The van der Waals surface area contributed by atoms with Gasteiger partial charge in [-0.05, 0) is 55.9 Å².